The van der Waals surface area contributed by atoms with Gasteiger partial charge in [-0.05, 0) is 25.2 Å². The number of hydrogen-bond donors (Lipinski definition) is 1. The van der Waals surface area contributed by atoms with E-state index in [1.807, 2.05) is 37.4 Å². The van der Waals surface area contributed by atoms with Crippen molar-refractivity contribution in [3.63, 3.8) is 0 Å². The number of nitrogens with one attached hydrogen (secondary N) is 1. The predicted octanol–water partition coefficient (Wildman–Crippen LogP) is 3.98. The van der Waals surface area contributed by atoms with Gasteiger partial charge in [0.25, 0.3) is 0 Å². The van der Waals surface area contributed by atoms with Crippen LogP contribution >= 0.6 is 23.2 Å². The number of fused-ring (bicyclic) bond motifs is 1. The Morgan fingerprint density at radius 3 is 2.65 bits per heavy atom. The standard InChI is InChI=1S/C15H13Cl2NO2/c1-18-13-8-19-12-7-6-11(17)14(15(12)20-13)9-4-2-3-5-10(9)16/h2-7,13,18H,8H2,1H3/t13-/m0/s1. The molecular weight excluding hydrogens is 297 g/mol. The van der Waals surface area contributed by atoms with Gasteiger partial charge < -0.3 is 9.47 Å². The molecule has 20 heavy (non-hydrogen) atoms. The summed E-state index contributed by atoms with van der Waals surface area (Å²) in [5.41, 5.74) is 1.59. The van der Waals surface area contributed by atoms with Crippen molar-refractivity contribution in [2.75, 3.05) is 13.7 Å². The van der Waals surface area contributed by atoms with Crippen LogP contribution in [0, 0.1) is 0 Å². The van der Waals surface area contributed by atoms with Crippen molar-refractivity contribution >= 4 is 23.2 Å². The molecule has 1 aliphatic rings. The third-order valence-corrected chi connectivity index (χ3v) is 3.83. The highest BCUT2D eigenvalue weighted by molar-refractivity contribution is 6.37. The van der Waals surface area contributed by atoms with Gasteiger partial charge in [0.2, 0.25) is 0 Å². The second-order valence-corrected chi connectivity index (χ2v) is 5.25. The summed E-state index contributed by atoms with van der Waals surface area (Å²) in [7, 11) is 1.82. The van der Waals surface area contributed by atoms with E-state index in [2.05, 4.69) is 5.32 Å². The normalized spacial score (nSPS) is 17.1. The van der Waals surface area contributed by atoms with Crippen molar-refractivity contribution in [2.45, 2.75) is 6.23 Å². The summed E-state index contributed by atoms with van der Waals surface area (Å²) in [6.07, 6.45) is -0.206. The van der Waals surface area contributed by atoms with Gasteiger partial charge in [0.05, 0.1) is 5.02 Å². The molecule has 3 rings (SSSR count). The van der Waals surface area contributed by atoms with Crippen LogP contribution in [0.15, 0.2) is 36.4 Å². The van der Waals surface area contributed by atoms with Gasteiger partial charge in [-0.25, -0.2) is 0 Å². The van der Waals surface area contributed by atoms with Crippen LogP contribution in [0.5, 0.6) is 11.5 Å². The summed E-state index contributed by atoms with van der Waals surface area (Å²) in [5, 5.41) is 4.24. The number of rotatable bonds is 2. The van der Waals surface area contributed by atoms with E-state index in [0.29, 0.717) is 28.2 Å². The van der Waals surface area contributed by atoms with Crippen molar-refractivity contribution in [1.29, 1.82) is 0 Å². The molecule has 0 unspecified atom stereocenters. The molecule has 1 heterocycles. The SMILES string of the molecule is CN[C@@H]1COc2ccc(Cl)c(-c3ccccc3Cl)c2O1. The zero-order valence-corrected chi connectivity index (χ0v) is 12.3. The zero-order valence-electron chi connectivity index (χ0n) is 10.8. The molecule has 0 saturated heterocycles. The average Bonchev–Trinajstić information content (AvgIpc) is 2.48. The average molecular weight is 310 g/mol. The molecule has 0 fully saturated rings. The summed E-state index contributed by atoms with van der Waals surface area (Å²) in [6.45, 7) is 0.451. The minimum atomic E-state index is -0.206. The van der Waals surface area contributed by atoms with E-state index < -0.39 is 0 Å². The third-order valence-electron chi connectivity index (χ3n) is 3.19. The molecule has 1 atom stereocenters. The molecule has 0 amide bonds. The fourth-order valence-electron chi connectivity index (χ4n) is 2.17. The van der Waals surface area contributed by atoms with Crippen LogP contribution in [0.1, 0.15) is 0 Å². The number of benzene rings is 2. The van der Waals surface area contributed by atoms with Crippen LogP contribution in [0.4, 0.5) is 0 Å². The maximum absolute atomic E-state index is 6.34. The van der Waals surface area contributed by atoms with E-state index in [1.165, 1.54) is 0 Å². The van der Waals surface area contributed by atoms with Gasteiger partial charge in [0.1, 0.15) is 6.61 Å². The number of likely N-dealkylation sites (N-methyl/N-ethyl adjacent to an activating group) is 1. The smallest absolute Gasteiger partial charge is 0.184 e. The maximum Gasteiger partial charge on any atom is 0.184 e. The molecule has 104 valence electrons. The Bertz CT molecular complexity index is 646. The summed E-state index contributed by atoms with van der Waals surface area (Å²) in [4.78, 5) is 0. The Labute approximate surface area is 127 Å². The highest BCUT2D eigenvalue weighted by Crippen LogP contribution is 2.46. The molecule has 1 N–H and O–H groups in total. The first-order valence-electron chi connectivity index (χ1n) is 6.25. The van der Waals surface area contributed by atoms with Crippen LogP contribution in [0.2, 0.25) is 10.0 Å². The molecule has 0 bridgehead atoms. The molecule has 1 aliphatic heterocycles. The molecule has 5 heteroatoms. The molecule has 3 nitrogen and oxygen atoms in total. The summed E-state index contributed by atoms with van der Waals surface area (Å²) >= 11 is 12.6. The van der Waals surface area contributed by atoms with Crippen molar-refractivity contribution in [3.8, 4) is 22.6 Å². The Morgan fingerprint density at radius 1 is 1.10 bits per heavy atom. The topological polar surface area (TPSA) is 30.5 Å². The highest BCUT2D eigenvalue weighted by atomic mass is 35.5. The van der Waals surface area contributed by atoms with Gasteiger partial charge in [-0.2, -0.15) is 0 Å². The number of halogens is 2. The van der Waals surface area contributed by atoms with Crippen LogP contribution in [-0.2, 0) is 0 Å². The first-order chi connectivity index (χ1) is 9.70. The van der Waals surface area contributed by atoms with Crippen LogP contribution in [0.25, 0.3) is 11.1 Å². The maximum atomic E-state index is 6.34. The lowest BCUT2D eigenvalue weighted by atomic mass is 10.0. The van der Waals surface area contributed by atoms with Crippen LogP contribution < -0.4 is 14.8 Å². The molecule has 0 aliphatic carbocycles. The fraction of sp³-hybridized carbons (Fsp3) is 0.200. The largest absolute Gasteiger partial charge is 0.484 e. The van der Waals surface area contributed by atoms with E-state index in [1.54, 1.807) is 6.07 Å². The number of ether oxygens (including phenoxy) is 2. The molecule has 0 saturated carbocycles. The van der Waals surface area contributed by atoms with Crippen molar-refractivity contribution in [3.05, 3.63) is 46.4 Å². The Morgan fingerprint density at radius 2 is 1.90 bits per heavy atom. The second kappa shape index (κ2) is 5.52. The fourth-order valence-corrected chi connectivity index (χ4v) is 2.65. The van der Waals surface area contributed by atoms with Gasteiger partial charge in [0.15, 0.2) is 17.7 Å². The van der Waals surface area contributed by atoms with Gasteiger partial charge in [-0.1, -0.05) is 41.4 Å². The first kappa shape index (κ1) is 13.6. The first-order valence-corrected chi connectivity index (χ1v) is 7.00. The molecule has 2 aromatic carbocycles. The second-order valence-electron chi connectivity index (χ2n) is 4.44. The predicted molar refractivity (Wildman–Crippen MR) is 80.9 cm³/mol. The van der Waals surface area contributed by atoms with Gasteiger partial charge in [-0.15, -0.1) is 0 Å². The van der Waals surface area contributed by atoms with E-state index in [0.717, 1.165) is 11.1 Å². The van der Waals surface area contributed by atoms with Crippen molar-refractivity contribution in [1.82, 2.24) is 5.32 Å². The lowest BCUT2D eigenvalue weighted by molar-refractivity contribution is 0.0733. The van der Waals surface area contributed by atoms with E-state index in [-0.39, 0.29) is 6.23 Å². The monoisotopic (exact) mass is 309 g/mol. The van der Waals surface area contributed by atoms with E-state index in [4.69, 9.17) is 32.7 Å². The minimum absolute atomic E-state index is 0.206. The van der Waals surface area contributed by atoms with Gasteiger partial charge in [0, 0.05) is 16.1 Å². The molecule has 0 aromatic heterocycles. The Kier molecular flexibility index (Phi) is 3.74. The zero-order chi connectivity index (χ0) is 14.1. The Balaban J connectivity index is 2.18. The molecular formula is C15H13Cl2NO2. The van der Waals surface area contributed by atoms with Crippen molar-refractivity contribution < 1.29 is 9.47 Å². The summed E-state index contributed by atoms with van der Waals surface area (Å²) in [5.74, 6) is 1.30. The Hall–Kier alpha value is -1.42. The van der Waals surface area contributed by atoms with Crippen molar-refractivity contribution in [2.24, 2.45) is 0 Å². The van der Waals surface area contributed by atoms with E-state index in [9.17, 15) is 0 Å². The lowest BCUT2D eigenvalue weighted by Crippen LogP contribution is -2.39. The minimum Gasteiger partial charge on any atom is -0.484 e. The van der Waals surface area contributed by atoms with Gasteiger partial charge >= 0.3 is 0 Å². The summed E-state index contributed by atoms with van der Waals surface area (Å²) < 4.78 is 11.6. The van der Waals surface area contributed by atoms with Gasteiger partial charge in [-0.3, -0.25) is 5.32 Å². The summed E-state index contributed by atoms with van der Waals surface area (Å²) in [6, 6.07) is 11.1. The number of hydrogen-bond acceptors (Lipinski definition) is 3. The molecule has 2 aromatic rings. The quantitative estimate of drug-likeness (QED) is 0.910. The lowest BCUT2D eigenvalue weighted by Gasteiger charge is -2.28. The van der Waals surface area contributed by atoms with Crippen LogP contribution in [-0.4, -0.2) is 19.9 Å². The van der Waals surface area contributed by atoms with E-state index >= 15 is 0 Å². The molecule has 0 radical (unpaired) electrons. The third kappa shape index (κ3) is 2.33. The highest BCUT2D eigenvalue weighted by Gasteiger charge is 2.25. The molecule has 0 spiro atoms. The van der Waals surface area contributed by atoms with Crippen LogP contribution in [0.3, 0.4) is 0 Å².